The van der Waals surface area contributed by atoms with Crippen LogP contribution in [0.3, 0.4) is 0 Å². The molecule has 1 fully saturated rings. The number of rotatable bonds is 2. The van der Waals surface area contributed by atoms with Gasteiger partial charge in [0.2, 0.25) is 0 Å². The normalized spacial score (nSPS) is 34.0. The van der Waals surface area contributed by atoms with Crippen LogP contribution in [0.25, 0.3) is 6.08 Å². The van der Waals surface area contributed by atoms with Crippen molar-refractivity contribution in [1.29, 1.82) is 0 Å². The van der Waals surface area contributed by atoms with Crippen molar-refractivity contribution in [3.05, 3.63) is 62.5 Å². The molecule has 3 aliphatic rings. The SMILES string of the molecule is CC1=Cc2ccccc2[CH]1[Zr]1([Cl])([Cl])([C]2=CC=CC2)[CH2][CH2]1. The van der Waals surface area contributed by atoms with E-state index in [2.05, 4.69) is 55.5 Å². The Hall–Kier alpha value is -0.0969. The Bertz CT molecular complexity index is 729. The van der Waals surface area contributed by atoms with E-state index < -0.39 is 14.9 Å². The molecular formula is C17H18Cl2Zr. The Morgan fingerprint density at radius 2 is 1.90 bits per heavy atom. The first-order chi connectivity index (χ1) is 9.39. The molecule has 1 aromatic rings. The van der Waals surface area contributed by atoms with Crippen molar-refractivity contribution in [2.75, 3.05) is 0 Å². The molecule has 104 valence electrons. The first-order valence-electron chi connectivity index (χ1n) is 7.32. The Balaban J connectivity index is 1.96. The van der Waals surface area contributed by atoms with Crippen LogP contribution in [0.1, 0.15) is 28.1 Å². The third kappa shape index (κ3) is 1.47. The van der Waals surface area contributed by atoms with Crippen LogP contribution in [0.5, 0.6) is 0 Å². The van der Waals surface area contributed by atoms with Crippen molar-refractivity contribution in [1.82, 2.24) is 0 Å². The van der Waals surface area contributed by atoms with E-state index in [1.165, 1.54) is 20.0 Å². The number of fused-ring (bicyclic) bond motifs is 1. The molecule has 1 atom stereocenters. The molecule has 1 aliphatic heterocycles. The molecule has 3 heteroatoms. The average Bonchev–Trinajstić information content (AvgIpc) is 2.85. The van der Waals surface area contributed by atoms with Gasteiger partial charge in [-0.3, -0.25) is 0 Å². The molecule has 4 rings (SSSR count). The maximum atomic E-state index is 7.51. The summed E-state index contributed by atoms with van der Waals surface area (Å²) in [6.07, 6.45) is 9.76. The second-order valence-corrected chi connectivity index (χ2v) is 37.6. The summed E-state index contributed by atoms with van der Waals surface area (Å²) in [5.41, 5.74) is 4.03. The zero-order chi connectivity index (χ0) is 14.1. The van der Waals surface area contributed by atoms with E-state index >= 15 is 0 Å². The van der Waals surface area contributed by atoms with Crippen molar-refractivity contribution in [3.63, 3.8) is 0 Å². The molecule has 1 saturated heterocycles. The number of allylic oxidation sites excluding steroid dienone is 5. The molecule has 1 aromatic carbocycles. The van der Waals surface area contributed by atoms with Gasteiger partial charge in [-0.2, -0.15) is 0 Å². The van der Waals surface area contributed by atoms with Gasteiger partial charge in [0.15, 0.2) is 0 Å². The van der Waals surface area contributed by atoms with Crippen molar-refractivity contribution in [3.8, 4) is 0 Å². The van der Waals surface area contributed by atoms with Crippen LogP contribution in [0, 0.1) is 0 Å². The van der Waals surface area contributed by atoms with E-state index in [1.54, 1.807) is 0 Å². The summed E-state index contributed by atoms with van der Waals surface area (Å²) in [6.45, 7) is 2.21. The van der Waals surface area contributed by atoms with Gasteiger partial charge >= 0.3 is 126 Å². The number of hydrogen-bond acceptors (Lipinski definition) is 0. The molecule has 0 aromatic heterocycles. The Labute approximate surface area is 125 Å². The van der Waals surface area contributed by atoms with Crippen LogP contribution >= 0.6 is 17.0 Å². The number of hydrogen-bond donors (Lipinski definition) is 0. The quantitative estimate of drug-likeness (QED) is 0.556. The Kier molecular flexibility index (Phi) is 2.45. The fraction of sp³-hybridized carbons (Fsp3) is 0.294. The van der Waals surface area contributed by atoms with Crippen molar-refractivity contribution < 1.29 is 14.9 Å². The van der Waals surface area contributed by atoms with Crippen molar-refractivity contribution >= 4 is 23.1 Å². The predicted molar refractivity (Wildman–Crippen MR) is 86.0 cm³/mol. The van der Waals surface area contributed by atoms with Gasteiger partial charge in [0, 0.05) is 0 Å². The second kappa shape index (κ2) is 3.62. The van der Waals surface area contributed by atoms with Gasteiger partial charge in [-0.1, -0.05) is 0 Å². The summed E-state index contributed by atoms with van der Waals surface area (Å²) < 4.78 is 3.69. The molecule has 2 aliphatic carbocycles. The average molecular weight is 384 g/mol. The zero-order valence-electron chi connectivity index (χ0n) is 11.6. The summed E-state index contributed by atoms with van der Waals surface area (Å²) in [5, 5.41) is 0. The van der Waals surface area contributed by atoms with Gasteiger partial charge in [0.1, 0.15) is 0 Å². The van der Waals surface area contributed by atoms with Crippen LogP contribution in [-0.4, -0.2) is 0 Å². The molecule has 0 saturated carbocycles. The predicted octanol–water partition coefficient (Wildman–Crippen LogP) is 6.37. The monoisotopic (exact) mass is 382 g/mol. The standard InChI is InChI=1S/C10H9.C5H5.C2H4.2ClH.Zr/c1-8-6-9-4-2-3-5-10(9)7-8;1-2-4-5-3-1;1-2;;;/h2-7H,1H3;1-3H,4H2;1-2H2;2*1H;/q;;;;;+2/p-2. The van der Waals surface area contributed by atoms with Gasteiger partial charge in [0.25, 0.3) is 0 Å². The first-order valence-corrected chi connectivity index (χ1v) is 19.8. The van der Waals surface area contributed by atoms with Crippen LogP contribution in [0.2, 0.25) is 8.26 Å². The third-order valence-corrected chi connectivity index (χ3v) is 32.3. The third-order valence-electron chi connectivity index (χ3n) is 5.74. The Morgan fingerprint density at radius 1 is 1.15 bits per heavy atom. The topological polar surface area (TPSA) is 0 Å². The van der Waals surface area contributed by atoms with Crippen LogP contribution in [0.15, 0.2) is 51.3 Å². The van der Waals surface area contributed by atoms with Gasteiger partial charge in [-0.15, -0.1) is 0 Å². The fourth-order valence-electron chi connectivity index (χ4n) is 4.48. The first kappa shape index (κ1) is 13.6. The second-order valence-electron chi connectivity index (χ2n) is 6.94. The van der Waals surface area contributed by atoms with E-state index in [0.717, 1.165) is 14.7 Å². The maximum absolute atomic E-state index is 7.51. The van der Waals surface area contributed by atoms with Crippen LogP contribution < -0.4 is 0 Å². The van der Waals surface area contributed by atoms with Crippen LogP contribution in [0.4, 0.5) is 0 Å². The van der Waals surface area contributed by atoms with Gasteiger partial charge < -0.3 is 0 Å². The van der Waals surface area contributed by atoms with E-state index in [9.17, 15) is 0 Å². The minimum absolute atomic E-state index is 0.266. The summed E-state index contributed by atoms with van der Waals surface area (Å²) in [6, 6.07) is 8.61. The molecule has 1 unspecified atom stereocenters. The van der Waals surface area contributed by atoms with Crippen molar-refractivity contribution in [2.45, 2.75) is 25.2 Å². The van der Waals surface area contributed by atoms with Crippen LogP contribution in [-0.2, 0) is 14.9 Å². The molecule has 0 N–H and O–H groups in total. The molecule has 0 amide bonds. The molecule has 20 heavy (non-hydrogen) atoms. The van der Waals surface area contributed by atoms with E-state index in [0.29, 0.717) is 0 Å². The van der Waals surface area contributed by atoms with E-state index in [1.807, 2.05) is 0 Å². The molecule has 0 radical (unpaired) electrons. The summed E-state index contributed by atoms with van der Waals surface area (Å²) >= 11 is -4.32. The molecular weight excluding hydrogens is 366 g/mol. The molecule has 0 spiro atoms. The Morgan fingerprint density at radius 3 is 2.55 bits per heavy atom. The molecule has 0 bridgehead atoms. The number of benzene rings is 1. The van der Waals surface area contributed by atoms with E-state index in [-0.39, 0.29) is 3.63 Å². The minimum atomic E-state index is -4.32. The summed E-state index contributed by atoms with van der Waals surface area (Å²) in [4.78, 5) is 0. The van der Waals surface area contributed by atoms with Gasteiger partial charge in [-0.25, -0.2) is 0 Å². The molecule has 1 heterocycles. The van der Waals surface area contributed by atoms with Gasteiger partial charge in [-0.05, 0) is 0 Å². The zero-order valence-corrected chi connectivity index (χ0v) is 15.5. The fourth-order valence-corrected chi connectivity index (χ4v) is 36.8. The van der Waals surface area contributed by atoms with Crippen molar-refractivity contribution in [2.24, 2.45) is 0 Å². The number of halogens is 2. The molecule has 0 nitrogen and oxygen atoms in total. The summed E-state index contributed by atoms with van der Waals surface area (Å²) in [5.74, 6) is 0. The summed E-state index contributed by atoms with van der Waals surface area (Å²) in [7, 11) is 15.0. The van der Waals surface area contributed by atoms with Gasteiger partial charge in [0.05, 0.1) is 0 Å². The van der Waals surface area contributed by atoms with E-state index in [4.69, 9.17) is 17.0 Å².